The van der Waals surface area contributed by atoms with E-state index in [1.807, 2.05) is 19.9 Å². The molecule has 0 aliphatic carbocycles. The third-order valence-electron chi connectivity index (χ3n) is 3.52. The summed E-state index contributed by atoms with van der Waals surface area (Å²) >= 11 is 6.68. The molecule has 1 aromatic rings. The van der Waals surface area contributed by atoms with E-state index in [0.29, 0.717) is 31.7 Å². The summed E-state index contributed by atoms with van der Waals surface area (Å²) in [5.41, 5.74) is 3.17. The first-order valence-electron chi connectivity index (χ1n) is 8.80. The van der Waals surface area contributed by atoms with E-state index < -0.39 is 0 Å². The van der Waals surface area contributed by atoms with Gasteiger partial charge in [0.25, 0.3) is 0 Å². The van der Waals surface area contributed by atoms with E-state index in [9.17, 15) is 0 Å². The van der Waals surface area contributed by atoms with E-state index in [1.165, 1.54) is 0 Å². The lowest BCUT2D eigenvalue weighted by Gasteiger charge is -2.21. The van der Waals surface area contributed by atoms with Crippen LogP contribution < -0.4 is 9.47 Å². The summed E-state index contributed by atoms with van der Waals surface area (Å²) in [4.78, 5) is 5.24. The second kappa shape index (κ2) is 11.7. The topological polar surface area (TPSA) is 40.0 Å². The number of hydrogen-bond acceptors (Lipinski definition) is 4. The summed E-state index contributed by atoms with van der Waals surface area (Å²) in [6.07, 6.45) is 1.92. The van der Waals surface area contributed by atoms with Crippen LogP contribution in [0.3, 0.4) is 0 Å². The molecule has 0 spiro atoms. The van der Waals surface area contributed by atoms with Crippen molar-refractivity contribution < 1.29 is 14.3 Å². The smallest absolute Gasteiger partial charge is 0.151 e. The Morgan fingerprint density at radius 1 is 1.00 bits per heavy atom. The van der Waals surface area contributed by atoms with E-state index in [-0.39, 0.29) is 0 Å². The molecule has 0 unspecified atom stereocenters. The minimum atomic E-state index is 0.321. The molecule has 0 amide bonds. The molecule has 0 fully saturated rings. The van der Waals surface area contributed by atoms with Crippen molar-refractivity contribution in [1.82, 2.24) is 0 Å². The standard InChI is InChI=1S/C20H29Br2NO3/c1-13(2)17-11-16(24-8-7-19(21)22)12-18(14(3)4)20(17)25-9-10-26-23-15(5)6/h7,11-14H,8-10H2,1-6H3. The molecule has 26 heavy (non-hydrogen) atoms. The van der Waals surface area contributed by atoms with E-state index in [2.05, 4.69) is 76.8 Å². The van der Waals surface area contributed by atoms with Gasteiger partial charge in [-0.15, -0.1) is 0 Å². The van der Waals surface area contributed by atoms with Crippen molar-refractivity contribution in [2.24, 2.45) is 5.16 Å². The van der Waals surface area contributed by atoms with Gasteiger partial charge in [-0.2, -0.15) is 0 Å². The molecule has 6 heteroatoms. The fourth-order valence-corrected chi connectivity index (χ4v) is 2.57. The molecule has 0 saturated heterocycles. The number of benzene rings is 1. The van der Waals surface area contributed by atoms with Gasteiger partial charge in [-0.25, -0.2) is 0 Å². The number of halogens is 2. The quantitative estimate of drug-likeness (QED) is 0.207. The van der Waals surface area contributed by atoms with Gasteiger partial charge < -0.3 is 14.3 Å². The Labute approximate surface area is 174 Å². The van der Waals surface area contributed by atoms with Gasteiger partial charge in [0.1, 0.15) is 24.7 Å². The maximum atomic E-state index is 6.09. The Kier molecular flexibility index (Phi) is 10.3. The fraction of sp³-hybridized carbons (Fsp3) is 0.550. The SMILES string of the molecule is CC(C)=NOCCOc1c(C(C)C)cc(OCC=C(Br)Br)cc1C(C)C. The number of rotatable bonds is 10. The molecule has 4 nitrogen and oxygen atoms in total. The minimum Gasteiger partial charge on any atom is -0.489 e. The number of nitrogens with zero attached hydrogens (tertiary/aromatic N) is 1. The lowest BCUT2D eigenvalue weighted by atomic mass is 9.93. The van der Waals surface area contributed by atoms with Crippen molar-refractivity contribution in [2.75, 3.05) is 19.8 Å². The third kappa shape index (κ3) is 8.12. The molecular weight excluding hydrogens is 462 g/mol. The monoisotopic (exact) mass is 489 g/mol. The summed E-state index contributed by atoms with van der Waals surface area (Å²) in [6, 6.07) is 4.13. The van der Waals surface area contributed by atoms with Gasteiger partial charge in [0, 0.05) is 11.1 Å². The van der Waals surface area contributed by atoms with Gasteiger partial charge in [0.2, 0.25) is 0 Å². The average Bonchev–Trinajstić information content (AvgIpc) is 2.53. The van der Waals surface area contributed by atoms with Crippen LogP contribution in [0.2, 0.25) is 0 Å². The highest BCUT2D eigenvalue weighted by molar-refractivity contribution is 9.28. The zero-order valence-electron chi connectivity index (χ0n) is 16.4. The second-order valence-electron chi connectivity index (χ2n) is 6.77. The summed E-state index contributed by atoms with van der Waals surface area (Å²) in [6.45, 7) is 13.8. The lowest BCUT2D eigenvalue weighted by Crippen LogP contribution is -2.10. The van der Waals surface area contributed by atoms with E-state index >= 15 is 0 Å². The van der Waals surface area contributed by atoms with Gasteiger partial charge in [-0.3, -0.25) is 0 Å². The van der Waals surface area contributed by atoms with E-state index in [4.69, 9.17) is 14.3 Å². The predicted molar refractivity (Wildman–Crippen MR) is 116 cm³/mol. The lowest BCUT2D eigenvalue weighted by molar-refractivity contribution is 0.106. The summed E-state index contributed by atoms with van der Waals surface area (Å²) in [7, 11) is 0. The minimum absolute atomic E-state index is 0.321. The van der Waals surface area contributed by atoms with Crippen molar-refractivity contribution in [3.8, 4) is 11.5 Å². The molecule has 0 bridgehead atoms. The predicted octanol–water partition coefficient (Wildman–Crippen LogP) is 6.73. The van der Waals surface area contributed by atoms with Gasteiger partial charge >= 0.3 is 0 Å². The van der Waals surface area contributed by atoms with Crippen molar-refractivity contribution in [3.63, 3.8) is 0 Å². The van der Waals surface area contributed by atoms with Crippen LogP contribution >= 0.6 is 31.9 Å². The molecule has 1 aromatic carbocycles. The van der Waals surface area contributed by atoms with Crippen LogP contribution in [-0.4, -0.2) is 25.5 Å². The molecule has 1 rings (SSSR count). The van der Waals surface area contributed by atoms with Gasteiger partial charge in [0.15, 0.2) is 6.61 Å². The molecule has 0 heterocycles. The average molecular weight is 491 g/mol. The van der Waals surface area contributed by atoms with Gasteiger partial charge in [0.05, 0.1) is 9.10 Å². The van der Waals surface area contributed by atoms with Crippen LogP contribution in [0.25, 0.3) is 0 Å². The van der Waals surface area contributed by atoms with Crippen LogP contribution in [0.5, 0.6) is 11.5 Å². The van der Waals surface area contributed by atoms with Crippen LogP contribution in [0, 0.1) is 0 Å². The van der Waals surface area contributed by atoms with E-state index in [1.54, 1.807) is 0 Å². The molecule has 0 aromatic heterocycles. The van der Waals surface area contributed by atoms with Crippen molar-refractivity contribution in [3.05, 3.63) is 32.7 Å². The Bertz CT molecular complexity index is 603. The highest BCUT2D eigenvalue weighted by Gasteiger charge is 2.18. The molecule has 0 aliphatic heterocycles. The molecule has 0 saturated carbocycles. The molecule has 0 aliphatic rings. The first-order valence-corrected chi connectivity index (χ1v) is 10.4. The zero-order valence-corrected chi connectivity index (χ0v) is 19.6. The maximum Gasteiger partial charge on any atom is 0.151 e. The van der Waals surface area contributed by atoms with Crippen molar-refractivity contribution in [2.45, 2.75) is 53.4 Å². The number of hydrogen-bond donors (Lipinski definition) is 0. The number of oxime groups is 1. The highest BCUT2D eigenvalue weighted by atomic mass is 79.9. The molecular formula is C20H29Br2NO3. The summed E-state index contributed by atoms with van der Waals surface area (Å²) in [5.74, 6) is 2.42. The van der Waals surface area contributed by atoms with Crippen LogP contribution in [-0.2, 0) is 4.84 Å². The van der Waals surface area contributed by atoms with Crippen LogP contribution in [0.1, 0.15) is 64.5 Å². The van der Waals surface area contributed by atoms with Gasteiger partial charge in [-0.05, 0) is 75.8 Å². The Morgan fingerprint density at radius 3 is 2.04 bits per heavy atom. The zero-order chi connectivity index (χ0) is 19.7. The Hall–Kier alpha value is -1.01. The Morgan fingerprint density at radius 2 is 1.58 bits per heavy atom. The van der Waals surface area contributed by atoms with Crippen molar-refractivity contribution in [1.29, 1.82) is 0 Å². The van der Waals surface area contributed by atoms with Crippen LogP contribution in [0.15, 0.2) is 26.8 Å². The highest BCUT2D eigenvalue weighted by Crippen LogP contribution is 2.38. The second-order valence-corrected chi connectivity index (χ2v) is 9.54. The summed E-state index contributed by atoms with van der Waals surface area (Å²) < 4.78 is 12.9. The maximum absolute atomic E-state index is 6.09. The van der Waals surface area contributed by atoms with Crippen molar-refractivity contribution >= 4 is 37.6 Å². The first-order chi connectivity index (χ1) is 12.2. The third-order valence-corrected chi connectivity index (χ3v) is 4.17. The molecule has 0 atom stereocenters. The largest absolute Gasteiger partial charge is 0.489 e. The molecule has 146 valence electrons. The molecule has 0 radical (unpaired) electrons. The normalized spacial score (nSPS) is 10.7. The van der Waals surface area contributed by atoms with E-state index in [0.717, 1.165) is 31.7 Å². The van der Waals surface area contributed by atoms with Crippen LogP contribution in [0.4, 0.5) is 0 Å². The van der Waals surface area contributed by atoms with Gasteiger partial charge in [-0.1, -0.05) is 32.9 Å². The first kappa shape index (κ1) is 23.0. The summed E-state index contributed by atoms with van der Waals surface area (Å²) in [5, 5.41) is 3.94. The molecule has 0 N–H and O–H groups in total. The fourth-order valence-electron chi connectivity index (χ4n) is 2.31. The number of ether oxygens (including phenoxy) is 2. The Balaban J connectivity index is 3.02.